The van der Waals surface area contributed by atoms with Gasteiger partial charge in [0.2, 0.25) is 0 Å². The van der Waals surface area contributed by atoms with E-state index < -0.39 is 0 Å². The second-order valence-corrected chi connectivity index (χ2v) is 3.64. The van der Waals surface area contributed by atoms with E-state index in [2.05, 4.69) is 23.3 Å². The molecule has 0 aliphatic carbocycles. The third kappa shape index (κ3) is 1.59. The molecular weight excluding hydrogens is 188 g/mol. The van der Waals surface area contributed by atoms with Gasteiger partial charge in [0.1, 0.15) is 5.75 Å². The summed E-state index contributed by atoms with van der Waals surface area (Å²) in [6, 6.07) is 6.35. The SMILES string of the molecule is CNC(C)c1c[nH]c2cccc(OC)c12. The standard InChI is InChI=1S/C12H16N2O/c1-8(13-2)9-7-14-10-5-4-6-11(15-3)12(9)10/h4-8,13-14H,1-3H3. The molecule has 1 unspecified atom stereocenters. The lowest BCUT2D eigenvalue weighted by Gasteiger charge is -2.10. The molecule has 2 rings (SSSR count). The van der Waals surface area contributed by atoms with Crippen molar-refractivity contribution in [3.05, 3.63) is 30.0 Å². The fourth-order valence-electron chi connectivity index (χ4n) is 1.84. The molecule has 3 nitrogen and oxygen atoms in total. The smallest absolute Gasteiger partial charge is 0.128 e. The van der Waals surface area contributed by atoms with Crippen molar-refractivity contribution in [1.82, 2.24) is 10.3 Å². The molecular formula is C12H16N2O. The Morgan fingerprint density at radius 3 is 2.87 bits per heavy atom. The fraction of sp³-hybridized carbons (Fsp3) is 0.333. The number of nitrogens with one attached hydrogen (secondary N) is 2. The van der Waals surface area contributed by atoms with Gasteiger partial charge in [-0.1, -0.05) is 6.07 Å². The van der Waals surface area contributed by atoms with Gasteiger partial charge in [0.05, 0.1) is 7.11 Å². The largest absolute Gasteiger partial charge is 0.496 e. The number of rotatable bonds is 3. The Labute approximate surface area is 89.4 Å². The quantitative estimate of drug-likeness (QED) is 0.805. The number of aromatic amines is 1. The van der Waals surface area contributed by atoms with E-state index in [1.165, 1.54) is 10.9 Å². The molecule has 0 fully saturated rings. The molecule has 2 aromatic rings. The molecule has 1 atom stereocenters. The monoisotopic (exact) mass is 204 g/mol. The van der Waals surface area contributed by atoms with E-state index in [4.69, 9.17) is 4.74 Å². The maximum Gasteiger partial charge on any atom is 0.128 e. The van der Waals surface area contributed by atoms with E-state index in [1.807, 2.05) is 25.4 Å². The summed E-state index contributed by atoms with van der Waals surface area (Å²) >= 11 is 0. The van der Waals surface area contributed by atoms with Crippen molar-refractivity contribution in [2.24, 2.45) is 0 Å². The molecule has 1 aromatic carbocycles. The van der Waals surface area contributed by atoms with Crippen LogP contribution in [0, 0.1) is 0 Å². The molecule has 80 valence electrons. The van der Waals surface area contributed by atoms with E-state index in [9.17, 15) is 0 Å². The van der Waals surface area contributed by atoms with Crippen LogP contribution in [0.1, 0.15) is 18.5 Å². The number of hydrogen-bond acceptors (Lipinski definition) is 2. The molecule has 0 amide bonds. The zero-order valence-electron chi connectivity index (χ0n) is 9.29. The summed E-state index contributed by atoms with van der Waals surface area (Å²) in [6.07, 6.45) is 2.04. The molecule has 0 saturated carbocycles. The zero-order chi connectivity index (χ0) is 10.8. The average molecular weight is 204 g/mol. The summed E-state index contributed by atoms with van der Waals surface area (Å²) in [5, 5.41) is 4.40. The second kappa shape index (κ2) is 3.95. The Hall–Kier alpha value is -1.48. The molecule has 0 saturated heterocycles. The number of H-pyrrole nitrogens is 1. The van der Waals surface area contributed by atoms with Crippen molar-refractivity contribution in [2.45, 2.75) is 13.0 Å². The highest BCUT2D eigenvalue weighted by Gasteiger charge is 2.12. The number of benzene rings is 1. The van der Waals surface area contributed by atoms with Gasteiger partial charge in [-0.2, -0.15) is 0 Å². The average Bonchev–Trinajstić information content (AvgIpc) is 2.71. The highest BCUT2D eigenvalue weighted by atomic mass is 16.5. The van der Waals surface area contributed by atoms with Crippen LogP contribution in [0.5, 0.6) is 5.75 Å². The van der Waals surface area contributed by atoms with Crippen LogP contribution in [-0.2, 0) is 0 Å². The minimum atomic E-state index is 0.315. The Morgan fingerprint density at radius 2 is 2.20 bits per heavy atom. The van der Waals surface area contributed by atoms with Crippen molar-refractivity contribution in [1.29, 1.82) is 0 Å². The number of fused-ring (bicyclic) bond motifs is 1. The lowest BCUT2D eigenvalue weighted by molar-refractivity contribution is 0.419. The number of hydrogen-bond donors (Lipinski definition) is 2. The topological polar surface area (TPSA) is 37.0 Å². The zero-order valence-corrected chi connectivity index (χ0v) is 9.29. The molecule has 0 bridgehead atoms. The van der Waals surface area contributed by atoms with Crippen LogP contribution in [-0.4, -0.2) is 19.1 Å². The maximum atomic E-state index is 5.37. The van der Waals surface area contributed by atoms with Gasteiger partial charge in [0.25, 0.3) is 0 Å². The first-order valence-electron chi connectivity index (χ1n) is 5.09. The van der Waals surface area contributed by atoms with Gasteiger partial charge in [-0.25, -0.2) is 0 Å². The normalized spacial score (nSPS) is 13.0. The number of methoxy groups -OCH3 is 1. The Balaban J connectivity index is 2.65. The van der Waals surface area contributed by atoms with Crippen LogP contribution in [0.15, 0.2) is 24.4 Å². The van der Waals surface area contributed by atoms with Crippen LogP contribution in [0.25, 0.3) is 10.9 Å². The van der Waals surface area contributed by atoms with Crippen LogP contribution >= 0.6 is 0 Å². The number of ether oxygens (including phenoxy) is 1. The highest BCUT2D eigenvalue weighted by molar-refractivity contribution is 5.89. The first-order chi connectivity index (χ1) is 7.27. The summed E-state index contributed by atoms with van der Waals surface area (Å²) < 4.78 is 5.37. The van der Waals surface area contributed by atoms with Crippen molar-refractivity contribution >= 4 is 10.9 Å². The van der Waals surface area contributed by atoms with Crippen LogP contribution < -0.4 is 10.1 Å². The number of aromatic nitrogens is 1. The van der Waals surface area contributed by atoms with Gasteiger partial charge in [0, 0.05) is 23.1 Å². The van der Waals surface area contributed by atoms with E-state index in [-0.39, 0.29) is 0 Å². The summed E-state index contributed by atoms with van der Waals surface area (Å²) in [6.45, 7) is 2.13. The van der Waals surface area contributed by atoms with Gasteiger partial charge < -0.3 is 15.0 Å². The van der Waals surface area contributed by atoms with Crippen molar-refractivity contribution in [3.63, 3.8) is 0 Å². The van der Waals surface area contributed by atoms with Crippen molar-refractivity contribution < 1.29 is 4.74 Å². The minimum Gasteiger partial charge on any atom is -0.496 e. The molecule has 0 aliphatic heterocycles. The molecule has 1 aromatic heterocycles. The summed E-state index contributed by atoms with van der Waals surface area (Å²) in [5.74, 6) is 0.922. The van der Waals surface area contributed by atoms with Gasteiger partial charge in [-0.15, -0.1) is 0 Å². The second-order valence-electron chi connectivity index (χ2n) is 3.64. The first-order valence-corrected chi connectivity index (χ1v) is 5.09. The summed E-state index contributed by atoms with van der Waals surface area (Å²) in [7, 11) is 3.66. The molecule has 0 radical (unpaired) electrons. The minimum absolute atomic E-state index is 0.315. The van der Waals surface area contributed by atoms with Crippen molar-refractivity contribution in [3.8, 4) is 5.75 Å². The summed E-state index contributed by atoms with van der Waals surface area (Å²) in [5.41, 5.74) is 2.36. The lowest BCUT2D eigenvalue weighted by atomic mass is 10.1. The molecule has 2 N–H and O–H groups in total. The molecule has 3 heteroatoms. The Kier molecular flexibility index (Phi) is 2.64. The molecule has 1 heterocycles. The summed E-state index contributed by atoms with van der Waals surface area (Å²) in [4.78, 5) is 3.26. The first kappa shape index (κ1) is 10.1. The van der Waals surface area contributed by atoms with E-state index in [0.717, 1.165) is 11.3 Å². The molecule has 0 spiro atoms. The van der Waals surface area contributed by atoms with E-state index in [0.29, 0.717) is 6.04 Å². The maximum absolute atomic E-state index is 5.37. The Bertz CT molecular complexity index is 462. The van der Waals surface area contributed by atoms with Gasteiger partial charge >= 0.3 is 0 Å². The fourth-order valence-corrected chi connectivity index (χ4v) is 1.84. The van der Waals surface area contributed by atoms with E-state index in [1.54, 1.807) is 7.11 Å². The lowest BCUT2D eigenvalue weighted by Crippen LogP contribution is -2.11. The van der Waals surface area contributed by atoms with Gasteiger partial charge in [-0.3, -0.25) is 0 Å². The third-order valence-corrected chi connectivity index (χ3v) is 2.82. The predicted molar refractivity (Wildman–Crippen MR) is 62.3 cm³/mol. The van der Waals surface area contributed by atoms with Gasteiger partial charge in [-0.05, 0) is 31.7 Å². The highest BCUT2D eigenvalue weighted by Crippen LogP contribution is 2.31. The molecule has 0 aliphatic rings. The van der Waals surface area contributed by atoms with Crippen LogP contribution in [0.2, 0.25) is 0 Å². The predicted octanol–water partition coefficient (Wildman–Crippen LogP) is 2.46. The van der Waals surface area contributed by atoms with Crippen LogP contribution in [0.4, 0.5) is 0 Å². The van der Waals surface area contributed by atoms with Crippen LogP contribution in [0.3, 0.4) is 0 Å². The molecule has 15 heavy (non-hydrogen) atoms. The van der Waals surface area contributed by atoms with Gasteiger partial charge in [0.15, 0.2) is 0 Å². The van der Waals surface area contributed by atoms with Crippen molar-refractivity contribution in [2.75, 3.05) is 14.2 Å². The third-order valence-electron chi connectivity index (χ3n) is 2.82. The van der Waals surface area contributed by atoms with E-state index >= 15 is 0 Å². The Morgan fingerprint density at radius 1 is 1.40 bits per heavy atom.